The van der Waals surface area contributed by atoms with Gasteiger partial charge in [0.15, 0.2) is 0 Å². The smallest absolute Gasteiger partial charge is 0.305 e. The lowest BCUT2D eigenvalue weighted by Gasteiger charge is -2.12. The van der Waals surface area contributed by atoms with Crippen LogP contribution in [0.4, 0.5) is 0 Å². The standard InChI is InChI=1S/C34H38N2O5/c1-3-38-33(37)19-13-5-4-12-18-31(28-14-8-6-9-15-28)36-40-24-27-20-22-30(23-21-27)39-25-32-26(2)41-34(35-32)29-16-10-7-11-17-29/h6-11,14-18,20-23,36H,3-5,12-13,19,24-25H2,1-2H3. The number of carbonyl (C=O) groups excluding carboxylic acids is 1. The summed E-state index contributed by atoms with van der Waals surface area (Å²) in [6.07, 6.45) is 6.30. The van der Waals surface area contributed by atoms with Gasteiger partial charge in [-0.2, -0.15) is 0 Å². The number of esters is 1. The minimum Gasteiger partial charge on any atom is -0.487 e. The van der Waals surface area contributed by atoms with Crippen LogP contribution < -0.4 is 10.2 Å². The molecule has 1 aromatic heterocycles. The fourth-order valence-electron chi connectivity index (χ4n) is 4.20. The van der Waals surface area contributed by atoms with Crippen molar-refractivity contribution in [2.24, 2.45) is 0 Å². The summed E-state index contributed by atoms with van der Waals surface area (Å²) in [7, 11) is 0. The predicted octanol–water partition coefficient (Wildman–Crippen LogP) is 7.80. The summed E-state index contributed by atoms with van der Waals surface area (Å²) in [6, 6.07) is 27.8. The van der Waals surface area contributed by atoms with Gasteiger partial charge in [-0.25, -0.2) is 4.98 Å². The number of unbranched alkanes of at least 4 members (excludes halogenated alkanes) is 3. The minimum atomic E-state index is -0.120. The molecule has 7 nitrogen and oxygen atoms in total. The van der Waals surface area contributed by atoms with E-state index in [1.54, 1.807) is 0 Å². The van der Waals surface area contributed by atoms with E-state index >= 15 is 0 Å². The molecule has 7 heteroatoms. The highest BCUT2D eigenvalue weighted by Gasteiger charge is 2.12. The summed E-state index contributed by atoms with van der Waals surface area (Å²) in [5, 5.41) is 0. The zero-order chi connectivity index (χ0) is 28.7. The summed E-state index contributed by atoms with van der Waals surface area (Å²) in [5.74, 6) is 1.97. The van der Waals surface area contributed by atoms with E-state index in [2.05, 4.69) is 28.7 Å². The lowest BCUT2D eigenvalue weighted by atomic mass is 10.1. The molecule has 0 unspecified atom stereocenters. The number of aromatic nitrogens is 1. The molecule has 41 heavy (non-hydrogen) atoms. The highest BCUT2D eigenvalue weighted by molar-refractivity contribution is 5.69. The molecule has 214 valence electrons. The van der Waals surface area contributed by atoms with Crippen LogP contribution in [0.5, 0.6) is 5.75 Å². The van der Waals surface area contributed by atoms with Gasteiger partial charge in [0.2, 0.25) is 5.89 Å². The summed E-state index contributed by atoms with van der Waals surface area (Å²) < 4.78 is 16.8. The molecule has 3 aromatic carbocycles. The van der Waals surface area contributed by atoms with E-state index in [0.717, 1.165) is 65.3 Å². The maximum Gasteiger partial charge on any atom is 0.305 e. The summed E-state index contributed by atoms with van der Waals surface area (Å²) in [4.78, 5) is 22.0. The number of hydrogen-bond donors (Lipinski definition) is 1. The number of aryl methyl sites for hydroxylation is 1. The van der Waals surface area contributed by atoms with E-state index in [-0.39, 0.29) is 5.97 Å². The van der Waals surface area contributed by atoms with Crippen molar-refractivity contribution in [1.82, 2.24) is 10.5 Å². The van der Waals surface area contributed by atoms with Gasteiger partial charge in [0, 0.05) is 12.0 Å². The number of benzene rings is 3. The van der Waals surface area contributed by atoms with Crippen molar-refractivity contribution in [2.45, 2.75) is 59.2 Å². The third-order valence-corrected chi connectivity index (χ3v) is 6.46. The average Bonchev–Trinajstić information content (AvgIpc) is 3.38. The van der Waals surface area contributed by atoms with Crippen LogP contribution in [0.15, 0.2) is 95.4 Å². The number of nitrogens with zero attached hydrogens (tertiary/aromatic N) is 1. The molecule has 0 radical (unpaired) electrons. The number of hydrogen-bond acceptors (Lipinski definition) is 7. The molecule has 0 atom stereocenters. The van der Waals surface area contributed by atoms with Crippen molar-refractivity contribution in [3.63, 3.8) is 0 Å². The molecule has 4 aromatic rings. The molecule has 0 bridgehead atoms. The zero-order valence-corrected chi connectivity index (χ0v) is 23.8. The molecule has 0 spiro atoms. The lowest BCUT2D eigenvalue weighted by Crippen LogP contribution is -2.13. The first-order valence-electron chi connectivity index (χ1n) is 14.1. The van der Waals surface area contributed by atoms with Crippen LogP contribution >= 0.6 is 0 Å². The van der Waals surface area contributed by atoms with Crippen LogP contribution in [0.1, 0.15) is 61.6 Å². The Hall–Kier alpha value is -4.36. The number of ether oxygens (including phenoxy) is 2. The lowest BCUT2D eigenvalue weighted by molar-refractivity contribution is -0.143. The number of carbonyl (C=O) groups is 1. The van der Waals surface area contributed by atoms with Crippen molar-refractivity contribution in [3.8, 4) is 17.2 Å². The predicted molar refractivity (Wildman–Crippen MR) is 160 cm³/mol. The first kappa shape index (κ1) is 29.6. The number of rotatable bonds is 16. The van der Waals surface area contributed by atoms with Crippen molar-refractivity contribution in [1.29, 1.82) is 0 Å². The van der Waals surface area contributed by atoms with Gasteiger partial charge in [0.05, 0.1) is 18.9 Å². The Labute approximate surface area is 242 Å². The number of oxazole rings is 1. The van der Waals surface area contributed by atoms with Crippen LogP contribution in [0.25, 0.3) is 17.2 Å². The Kier molecular flexibility index (Phi) is 11.6. The Bertz CT molecular complexity index is 1370. The quantitative estimate of drug-likeness (QED) is 0.0859. The second-order valence-electron chi connectivity index (χ2n) is 9.60. The van der Waals surface area contributed by atoms with Gasteiger partial charge in [-0.3, -0.25) is 15.1 Å². The van der Waals surface area contributed by atoms with E-state index in [1.807, 2.05) is 86.6 Å². The SMILES string of the molecule is CCOC(=O)CCCCCC=C(NOCc1ccc(OCc2nc(-c3ccccc3)oc2C)cc1)c1ccccc1. The second kappa shape index (κ2) is 16.0. The molecule has 0 saturated carbocycles. The molecule has 0 aliphatic heterocycles. The van der Waals surface area contributed by atoms with Crippen LogP contribution in [0.3, 0.4) is 0 Å². The third kappa shape index (κ3) is 9.65. The zero-order valence-electron chi connectivity index (χ0n) is 23.8. The normalized spacial score (nSPS) is 11.3. The first-order valence-corrected chi connectivity index (χ1v) is 14.1. The molecular formula is C34H38N2O5. The van der Waals surface area contributed by atoms with Gasteiger partial charge in [0.1, 0.15) is 23.8 Å². The average molecular weight is 555 g/mol. The number of allylic oxidation sites excluding steroid dienone is 1. The number of hydroxylamine groups is 1. The molecule has 1 N–H and O–H groups in total. The van der Waals surface area contributed by atoms with Crippen LogP contribution in [-0.2, 0) is 27.6 Å². The molecule has 0 aliphatic carbocycles. The molecule has 1 heterocycles. The third-order valence-electron chi connectivity index (χ3n) is 6.46. The van der Waals surface area contributed by atoms with Gasteiger partial charge in [0.25, 0.3) is 0 Å². The number of nitrogens with one attached hydrogen (secondary N) is 1. The van der Waals surface area contributed by atoms with Gasteiger partial charge >= 0.3 is 5.97 Å². The molecular weight excluding hydrogens is 516 g/mol. The topological polar surface area (TPSA) is 82.8 Å². The van der Waals surface area contributed by atoms with Gasteiger partial charge in [-0.1, -0.05) is 73.2 Å². The highest BCUT2D eigenvalue weighted by atomic mass is 16.6. The largest absolute Gasteiger partial charge is 0.487 e. The Balaban J connectivity index is 1.24. The monoisotopic (exact) mass is 554 g/mol. The van der Waals surface area contributed by atoms with Gasteiger partial charge < -0.3 is 13.9 Å². The van der Waals surface area contributed by atoms with Crippen LogP contribution in [-0.4, -0.2) is 17.6 Å². The highest BCUT2D eigenvalue weighted by Crippen LogP contribution is 2.23. The van der Waals surface area contributed by atoms with Crippen molar-refractivity contribution in [2.75, 3.05) is 6.61 Å². The van der Waals surface area contributed by atoms with E-state index in [9.17, 15) is 4.79 Å². The van der Waals surface area contributed by atoms with E-state index < -0.39 is 0 Å². The maximum atomic E-state index is 11.5. The van der Waals surface area contributed by atoms with Crippen LogP contribution in [0.2, 0.25) is 0 Å². The van der Waals surface area contributed by atoms with E-state index in [1.165, 1.54) is 0 Å². The second-order valence-corrected chi connectivity index (χ2v) is 9.60. The molecule has 0 fully saturated rings. The summed E-state index contributed by atoms with van der Waals surface area (Å²) >= 11 is 0. The van der Waals surface area contributed by atoms with Crippen molar-refractivity contribution < 1.29 is 23.5 Å². The Morgan fingerprint density at radius 1 is 0.902 bits per heavy atom. The fourth-order valence-corrected chi connectivity index (χ4v) is 4.20. The van der Waals surface area contributed by atoms with E-state index in [4.69, 9.17) is 18.7 Å². The Morgan fingerprint density at radius 2 is 1.63 bits per heavy atom. The van der Waals surface area contributed by atoms with Crippen LogP contribution in [0, 0.1) is 6.92 Å². The first-order chi connectivity index (χ1) is 20.1. The summed E-state index contributed by atoms with van der Waals surface area (Å²) in [5.41, 5.74) is 7.84. The van der Waals surface area contributed by atoms with Gasteiger partial charge in [-0.05, 0) is 68.5 Å². The molecule has 0 aliphatic rings. The van der Waals surface area contributed by atoms with Crippen molar-refractivity contribution >= 4 is 11.7 Å². The molecule has 0 saturated heterocycles. The fraction of sp³-hybridized carbons (Fsp3) is 0.294. The van der Waals surface area contributed by atoms with E-state index in [0.29, 0.717) is 32.1 Å². The maximum absolute atomic E-state index is 11.5. The van der Waals surface area contributed by atoms with Crippen molar-refractivity contribution in [3.05, 3.63) is 114 Å². The minimum absolute atomic E-state index is 0.120. The molecule has 4 rings (SSSR count). The van der Waals surface area contributed by atoms with Gasteiger partial charge in [-0.15, -0.1) is 0 Å². The molecule has 0 amide bonds. The Morgan fingerprint density at radius 3 is 2.37 bits per heavy atom. The summed E-state index contributed by atoms with van der Waals surface area (Å²) in [6.45, 7) is 4.89.